The van der Waals surface area contributed by atoms with Crippen LogP contribution >= 0.6 is 0 Å². The minimum Gasteiger partial charge on any atom is -0.267 e. The Hall–Kier alpha value is -2.83. The third-order valence-corrected chi connectivity index (χ3v) is 3.94. The summed E-state index contributed by atoms with van der Waals surface area (Å²) < 4.78 is 2.50. The normalized spacial score (nSPS) is 11.1. The number of aryl methyl sites for hydroxylation is 2. The minimum atomic E-state index is -0.602. The first-order chi connectivity index (χ1) is 11.5. The van der Waals surface area contributed by atoms with Crippen LogP contribution in [-0.4, -0.2) is 24.3 Å². The van der Waals surface area contributed by atoms with Gasteiger partial charge in [0.1, 0.15) is 0 Å². The summed E-state index contributed by atoms with van der Waals surface area (Å²) in [7, 11) is 1.40. The first kappa shape index (κ1) is 16.0. The smallest absolute Gasteiger partial charge is 0.267 e. The summed E-state index contributed by atoms with van der Waals surface area (Å²) in [5.74, 6) is 0.668. The van der Waals surface area contributed by atoms with Crippen LogP contribution in [0.5, 0.6) is 0 Å². The monoisotopic (exact) mass is 325 g/mol. The maximum Gasteiger partial charge on any atom is 0.352 e. The number of hydrogen-bond donors (Lipinski definition) is 0. The molecule has 0 aliphatic carbocycles. The zero-order chi connectivity index (χ0) is 17.3. The highest BCUT2D eigenvalue weighted by atomic mass is 16.2. The van der Waals surface area contributed by atoms with Crippen LogP contribution in [0.4, 0.5) is 0 Å². The Morgan fingerprint density at radius 3 is 2.38 bits per heavy atom. The molecule has 2 aliphatic rings. The third kappa shape index (κ3) is 2.73. The lowest BCUT2D eigenvalue weighted by molar-refractivity contribution is 0.612. The molecule has 0 saturated heterocycles. The fourth-order valence-corrected chi connectivity index (χ4v) is 2.58. The molecule has 24 heavy (non-hydrogen) atoms. The third-order valence-electron chi connectivity index (χ3n) is 3.94. The summed E-state index contributed by atoms with van der Waals surface area (Å²) in [6.45, 7) is 4.50. The van der Waals surface area contributed by atoms with Gasteiger partial charge in [0.05, 0.1) is 0 Å². The van der Waals surface area contributed by atoms with Crippen LogP contribution in [0.2, 0.25) is 0 Å². The quantitative estimate of drug-likeness (QED) is 0.725. The highest BCUT2D eigenvalue weighted by molar-refractivity contribution is 5.59. The van der Waals surface area contributed by atoms with E-state index < -0.39 is 11.2 Å². The van der Waals surface area contributed by atoms with E-state index in [9.17, 15) is 9.59 Å². The molecule has 0 N–H and O–H groups in total. The van der Waals surface area contributed by atoms with E-state index in [1.807, 2.05) is 31.2 Å². The Balaban J connectivity index is 2.21. The zero-order valence-electron chi connectivity index (χ0n) is 14.0. The lowest BCUT2D eigenvalue weighted by atomic mass is 10.1. The molecule has 0 unspecified atom stereocenters. The van der Waals surface area contributed by atoms with E-state index in [1.165, 1.54) is 12.6 Å². The molecule has 124 valence electrons. The molecule has 1 aromatic carbocycles. The summed E-state index contributed by atoms with van der Waals surface area (Å²) in [5, 5.41) is 4.43. The standard InChI is InChI=1S/C17H19N5O2/c1-4-6-11-7-9-12(10-8-11)14-18-13-15(22(5-2)20-14)19-17(24)21(3)16(13)23/h7-10H,4-6H2,1-3H3. The molecule has 2 heterocycles. The van der Waals surface area contributed by atoms with Crippen molar-refractivity contribution in [1.29, 1.82) is 0 Å². The Morgan fingerprint density at radius 1 is 1.04 bits per heavy atom. The van der Waals surface area contributed by atoms with Gasteiger partial charge in [-0.15, -0.1) is 0 Å². The topological polar surface area (TPSA) is 82.7 Å². The maximum atomic E-state index is 12.4. The van der Waals surface area contributed by atoms with Crippen molar-refractivity contribution in [1.82, 2.24) is 24.3 Å². The van der Waals surface area contributed by atoms with E-state index in [-0.39, 0.29) is 11.5 Å². The number of hydrogen-bond acceptors (Lipinski definition) is 5. The molecule has 0 saturated carbocycles. The number of aromatic nitrogens is 5. The molecule has 3 rings (SSSR count). The second kappa shape index (κ2) is 6.35. The largest absolute Gasteiger partial charge is 0.352 e. The van der Waals surface area contributed by atoms with Gasteiger partial charge in [-0.3, -0.25) is 9.36 Å². The van der Waals surface area contributed by atoms with Crippen LogP contribution in [0.3, 0.4) is 0 Å². The molecule has 1 aromatic rings. The Morgan fingerprint density at radius 2 is 1.75 bits per heavy atom. The fraction of sp³-hybridized carbons (Fsp3) is 0.353. The van der Waals surface area contributed by atoms with Gasteiger partial charge in [-0.1, -0.05) is 37.6 Å². The predicted molar refractivity (Wildman–Crippen MR) is 91.1 cm³/mol. The van der Waals surface area contributed by atoms with Crippen LogP contribution in [0.1, 0.15) is 25.8 Å². The van der Waals surface area contributed by atoms with Gasteiger partial charge in [0.2, 0.25) is 0 Å². The van der Waals surface area contributed by atoms with E-state index in [0.717, 1.165) is 23.0 Å². The molecule has 7 heteroatoms. The molecule has 0 fully saturated rings. The number of fused-ring (bicyclic) bond motifs is 1. The molecule has 0 aromatic heterocycles. The van der Waals surface area contributed by atoms with Crippen LogP contribution in [0.25, 0.3) is 22.9 Å². The van der Waals surface area contributed by atoms with Gasteiger partial charge in [-0.05, 0) is 18.9 Å². The van der Waals surface area contributed by atoms with Gasteiger partial charge in [0.15, 0.2) is 17.3 Å². The molecular formula is C17H19N5O2. The van der Waals surface area contributed by atoms with Gasteiger partial charge in [0, 0.05) is 19.2 Å². The van der Waals surface area contributed by atoms with Crippen molar-refractivity contribution in [2.75, 3.05) is 0 Å². The first-order valence-corrected chi connectivity index (χ1v) is 8.00. The minimum absolute atomic E-state index is 0.154. The van der Waals surface area contributed by atoms with Gasteiger partial charge < -0.3 is 0 Å². The Kier molecular flexibility index (Phi) is 4.24. The van der Waals surface area contributed by atoms with Crippen molar-refractivity contribution >= 4 is 0 Å². The summed E-state index contributed by atoms with van der Waals surface area (Å²) in [6.07, 6.45) is 2.10. The van der Waals surface area contributed by atoms with Crippen molar-refractivity contribution in [3.63, 3.8) is 0 Å². The number of nitrogens with zero attached hydrogens (tertiary/aromatic N) is 5. The molecule has 0 spiro atoms. The first-order valence-electron chi connectivity index (χ1n) is 8.00. The SMILES string of the molecule is CCCc1ccc(-c2nc3c(=O)n(C)c(=O)nc-3n(CC)n2)cc1. The number of benzene rings is 1. The molecule has 0 bridgehead atoms. The molecule has 7 nitrogen and oxygen atoms in total. The van der Waals surface area contributed by atoms with Gasteiger partial charge in [0.25, 0.3) is 5.56 Å². The van der Waals surface area contributed by atoms with E-state index in [4.69, 9.17) is 0 Å². The van der Waals surface area contributed by atoms with E-state index >= 15 is 0 Å². The van der Waals surface area contributed by atoms with Crippen LogP contribution in [0.15, 0.2) is 33.9 Å². The van der Waals surface area contributed by atoms with Crippen LogP contribution in [-0.2, 0) is 20.0 Å². The van der Waals surface area contributed by atoms with Crippen LogP contribution in [0, 0.1) is 0 Å². The van der Waals surface area contributed by atoms with Gasteiger partial charge in [-0.2, -0.15) is 10.1 Å². The van der Waals surface area contributed by atoms with Crippen LogP contribution < -0.4 is 11.2 Å². The number of rotatable bonds is 4. The molecular weight excluding hydrogens is 306 g/mol. The maximum absolute atomic E-state index is 12.4. The molecule has 0 radical (unpaired) electrons. The average molecular weight is 325 g/mol. The molecule has 0 atom stereocenters. The lowest BCUT2D eigenvalue weighted by Gasteiger charge is -2.13. The van der Waals surface area contributed by atoms with Crippen molar-refractivity contribution in [2.24, 2.45) is 7.05 Å². The van der Waals surface area contributed by atoms with Gasteiger partial charge in [-0.25, -0.2) is 14.5 Å². The van der Waals surface area contributed by atoms with E-state index in [0.29, 0.717) is 12.4 Å². The second-order valence-electron chi connectivity index (χ2n) is 5.63. The van der Waals surface area contributed by atoms with E-state index in [2.05, 4.69) is 22.0 Å². The highest BCUT2D eigenvalue weighted by Crippen LogP contribution is 2.19. The average Bonchev–Trinajstić information content (AvgIpc) is 2.60. The summed E-state index contributed by atoms with van der Waals surface area (Å²) in [5.41, 5.74) is 1.17. The second-order valence-corrected chi connectivity index (χ2v) is 5.63. The molecule has 2 aliphatic heterocycles. The van der Waals surface area contributed by atoms with E-state index in [1.54, 1.807) is 4.68 Å². The summed E-state index contributed by atoms with van der Waals surface area (Å²) in [6, 6.07) is 7.98. The zero-order valence-corrected chi connectivity index (χ0v) is 14.0. The van der Waals surface area contributed by atoms with Crippen molar-refractivity contribution < 1.29 is 0 Å². The van der Waals surface area contributed by atoms with Gasteiger partial charge >= 0.3 is 5.69 Å². The Bertz CT molecular complexity index is 956. The Labute approximate surface area is 139 Å². The van der Waals surface area contributed by atoms with Crippen molar-refractivity contribution in [3.05, 3.63) is 50.7 Å². The lowest BCUT2D eigenvalue weighted by Crippen LogP contribution is -2.37. The summed E-state index contributed by atoms with van der Waals surface area (Å²) in [4.78, 5) is 32.4. The fourth-order valence-electron chi connectivity index (χ4n) is 2.58. The van der Waals surface area contributed by atoms with Crippen molar-refractivity contribution in [2.45, 2.75) is 33.2 Å². The van der Waals surface area contributed by atoms with Crippen molar-refractivity contribution in [3.8, 4) is 22.9 Å². The highest BCUT2D eigenvalue weighted by Gasteiger charge is 2.20. The summed E-state index contributed by atoms with van der Waals surface area (Å²) >= 11 is 0. The predicted octanol–water partition coefficient (Wildman–Crippen LogP) is 1.48. The molecule has 0 amide bonds.